The van der Waals surface area contributed by atoms with Gasteiger partial charge in [-0.15, -0.1) is 0 Å². The van der Waals surface area contributed by atoms with Crippen LogP contribution in [0.1, 0.15) is 27.7 Å². The number of benzene rings is 5. The Bertz CT molecular complexity index is 1760. The molecule has 2 heterocycles. The SMILES string of the molecule is CC1(C)OB(c2ccc3oc4cc5c6ccccc6c6ccccc6c5cc4c3c2)OC1(C)C. The van der Waals surface area contributed by atoms with Crippen molar-refractivity contribution in [3.63, 3.8) is 0 Å². The Hall–Kier alpha value is -3.34. The number of rotatable bonds is 1. The summed E-state index contributed by atoms with van der Waals surface area (Å²) in [5.41, 5.74) is 2.04. The Labute approximate surface area is 198 Å². The summed E-state index contributed by atoms with van der Waals surface area (Å²) in [4.78, 5) is 0. The molecule has 1 aliphatic heterocycles. The summed E-state index contributed by atoms with van der Waals surface area (Å²) in [7, 11) is -0.399. The predicted octanol–water partition coefficient (Wildman–Crippen LogP) is 7.34. The molecule has 1 fully saturated rings. The monoisotopic (exact) mass is 444 g/mol. The molecule has 0 unspecified atom stereocenters. The third kappa shape index (κ3) is 2.67. The number of furan rings is 1. The Kier molecular flexibility index (Phi) is 3.91. The van der Waals surface area contributed by atoms with Crippen molar-refractivity contribution in [2.45, 2.75) is 38.9 Å². The Morgan fingerprint density at radius 2 is 1.00 bits per heavy atom. The lowest BCUT2D eigenvalue weighted by atomic mass is 9.78. The van der Waals surface area contributed by atoms with Crippen LogP contribution in [0, 0.1) is 0 Å². The molecule has 7 rings (SSSR count). The molecule has 166 valence electrons. The smallest absolute Gasteiger partial charge is 0.456 e. The van der Waals surface area contributed by atoms with E-state index < -0.39 is 7.12 Å². The fraction of sp³-hybridized carbons (Fsp3) is 0.200. The highest BCUT2D eigenvalue weighted by molar-refractivity contribution is 6.62. The largest absolute Gasteiger partial charge is 0.494 e. The van der Waals surface area contributed by atoms with E-state index >= 15 is 0 Å². The van der Waals surface area contributed by atoms with Gasteiger partial charge in [-0.2, -0.15) is 0 Å². The van der Waals surface area contributed by atoms with E-state index in [0.717, 1.165) is 27.4 Å². The van der Waals surface area contributed by atoms with E-state index in [1.54, 1.807) is 0 Å². The second-order valence-electron chi connectivity index (χ2n) is 10.4. The second-order valence-corrected chi connectivity index (χ2v) is 10.4. The minimum Gasteiger partial charge on any atom is -0.456 e. The lowest BCUT2D eigenvalue weighted by molar-refractivity contribution is 0.00578. The molecular weight excluding hydrogens is 419 g/mol. The molecule has 0 saturated carbocycles. The number of hydrogen-bond acceptors (Lipinski definition) is 3. The van der Waals surface area contributed by atoms with Crippen LogP contribution in [0.5, 0.6) is 0 Å². The van der Waals surface area contributed by atoms with Gasteiger partial charge >= 0.3 is 7.12 Å². The van der Waals surface area contributed by atoms with Crippen molar-refractivity contribution in [1.82, 2.24) is 0 Å². The van der Waals surface area contributed by atoms with E-state index in [1.807, 2.05) is 6.07 Å². The Balaban J connectivity index is 1.51. The minimum absolute atomic E-state index is 0.374. The van der Waals surface area contributed by atoms with E-state index in [1.165, 1.54) is 32.3 Å². The fourth-order valence-electron chi connectivity index (χ4n) is 5.32. The van der Waals surface area contributed by atoms with Crippen LogP contribution >= 0.6 is 0 Å². The van der Waals surface area contributed by atoms with Gasteiger partial charge in [-0.1, -0.05) is 60.7 Å². The van der Waals surface area contributed by atoms with E-state index in [9.17, 15) is 0 Å². The third-order valence-corrected chi connectivity index (χ3v) is 7.88. The van der Waals surface area contributed by atoms with E-state index in [0.29, 0.717) is 0 Å². The topological polar surface area (TPSA) is 31.6 Å². The molecule has 0 amide bonds. The molecule has 0 radical (unpaired) electrons. The van der Waals surface area contributed by atoms with Crippen LogP contribution in [0.3, 0.4) is 0 Å². The Morgan fingerprint density at radius 3 is 1.59 bits per heavy atom. The van der Waals surface area contributed by atoms with Gasteiger partial charge in [0.2, 0.25) is 0 Å². The molecule has 1 saturated heterocycles. The fourth-order valence-corrected chi connectivity index (χ4v) is 5.32. The molecule has 0 atom stereocenters. The maximum atomic E-state index is 6.34. The summed E-state index contributed by atoms with van der Waals surface area (Å²) in [6.45, 7) is 8.33. The Morgan fingerprint density at radius 1 is 0.500 bits per heavy atom. The van der Waals surface area contributed by atoms with Gasteiger partial charge in [-0.05, 0) is 83.7 Å². The number of fused-ring (bicyclic) bond motifs is 9. The van der Waals surface area contributed by atoms with Crippen LogP contribution in [0.15, 0.2) is 83.3 Å². The standard InChI is InChI=1S/C30H25BO3/c1-29(2)30(3,4)34-31(33-29)18-13-14-27-25(15-18)26-16-23-21-11-7-5-9-19(21)20-10-6-8-12-22(20)24(23)17-28(26)32-27/h5-17H,1-4H3. The van der Waals surface area contributed by atoms with Crippen molar-refractivity contribution in [2.24, 2.45) is 0 Å². The normalized spacial score (nSPS) is 17.6. The molecular formula is C30H25BO3. The first-order valence-corrected chi connectivity index (χ1v) is 11.9. The first-order valence-electron chi connectivity index (χ1n) is 11.9. The van der Waals surface area contributed by atoms with Crippen molar-refractivity contribution in [1.29, 1.82) is 0 Å². The first kappa shape index (κ1) is 20.1. The molecule has 34 heavy (non-hydrogen) atoms. The van der Waals surface area contributed by atoms with Crippen LogP contribution in [0.4, 0.5) is 0 Å². The van der Waals surface area contributed by atoms with E-state index in [-0.39, 0.29) is 11.2 Å². The molecule has 6 aromatic rings. The second kappa shape index (κ2) is 6.62. The maximum absolute atomic E-state index is 6.34. The van der Waals surface area contributed by atoms with Crippen LogP contribution < -0.4 is 5.46 Å². The summed E-state index contributed by atoms with van der Waals surface area (Å²) in [6.07, 6.45) is 0. The summed E-state index contributed by atoms with van der Waals surface area (Å²) in [5.74, 6) is 0. The average molecular weight is 444 g/mol. The van der Waals surface area contributed by atoms with Crippen LogP contribution in [0.25, 0.3) is 54.3 Å². The molecule has 1 aliphatic rings. The lowest BCUT2D eigenvalue weighted by Gasteiger charge is -2.32. The molecule has 0 N–H and O–H groups in total. The summed E-state index contributed by atoms with van der Waals surface area (Å²) < 4.78 is 19.0. The highest BCUT2D eigenvalue weighted by Crippen LogP contribution is 2.40. The van der Waals surface area contributed by atoms with Gasteiger partial charge in [0.25, 0.3) is 0 Å². The molecule has 3 nitrogen and oxygen atoms in total. The predicted molar refractivity (Wildman–Crippen MR) is 142 cm³/mol. The third-order valence-electron chi connectivity index (χ3n) is 7.88. The van der Waals surface area contributed by atoms with Gasteiger partial charge in [0, 0.05) is 10.8 Å². The highest BCUT2D eigenvalue weighted by Gasteiger charge is 2.51. The molecule has 0 aliphatic carbocycles. The van der Waals surface area contributed by atoms with Gasteiger partial charge in [-0.25, -0.2) is 0 Å². The van der Waals surface area contributed by atoms with Crippen molar-refractivity contribution in [2.75, 3.05) is 0 Å². The van der Waals surface area contributed by atoms with Gasteiger partial charge in [-0.3, -0.25) is 0 Å². The van der Waals surface area contributed by atoms with Crippen molar-refractivity contribution < 1.29 is 13.7 Å². The summed E-state index contributed by atoms with van der Waals surface area (Å²) in [5, 5.41) is 9.70. The van der Waals surface area contributed by atoms with Gasteiger partial charge in [0.15, 0.2) is 0 Å². The van der Waals surface area contributed by atoms with Crippen molar-refractivity contribution in [3.8, 4) is 0 Å². The maximum Gasteiger partial charge on any atom is 0.494 e. The van der Waals surface area contributed by atoms with Gasteiger partial charge in [0.1, 0.15) is 11.2 Å². The van der Waals surface area contributed by atoms with E-state index in [2.05, 4.69) is 100 Å². The van der Waals surface area contributed by atoms with Gasteiger partial charge in [0.05, 0.1) is 11.2 Å². The van der Waals surface area contributed by atoms with Crippen LogP contribution in [0.2, 0.25) is 0 Å². The zero-order chi connectivity index (χ0) is 23.2. The molecule has 4 heteroatoms. The minimum atomic E-state index is -0.399. The lowest BCUT2D eigenvalue weighted by Crippen LogP contribution is -2.41. The van der Waals surface area contributed by atoms with Crippen LogP contribution in [-0.2, 0) is 9.31 Å². The van der Waals surface area contributed by atoms with E-state index in [4.69, 9.17) is 13.7 Å². The zero-order valence-electron chi connectivity index (χ0n) is 19.8. The summed E-state index contributed by atoms with van der Waals surface area (Å²) >= 11 is 0. The summed E-state index contributed by atoms with van der Waals surface area (Å²) in [6, 6.07) is 28.0. The zero-order valence-corrected chi connectivity index (χ0v) is 19.8. The van der Waals surface area contributed by atoms with Crippen LogP contribution in [-0.4, -0.2) is 18.3 Å². The molecule has 1 aromatic heterocycles. The molecule has 0 spiro atoms. The number of hydrogen-bond donors (Lipinski definition) is 0. The average Bonchev–Trinajstić information content (AvgIpc) is 3.29. The highest BCUT2D eigenvalue weighted by atomic mass is 16.7. The van der Waals surface area contributed by atoms with Crippen molar-refractivity contribution >= 4 is 66.8 Å². The van der Waals surface area contributed by atoms with Gasteiger partial charge < -0.3 is 13.7 Å². The molecule has 0 bridgehead atoms. The van der Waals surface area contributed by atoms with Crippen molar-refractivity contribution in [3.05, 3.63) is 78.9 Å². The first-order chi connectivity index (χ1) is 16.3. The molecule has 5 aromatic carbocycles. The quantitative estimate of drug-likeness (QED) is 0.196.